The molecular formula is C10H15BrO. The first-order chi connectivity index (χ1) is 5.41. The summed E-state index contributed by atoms with van der Waals surface area (Å²) in [5.74, 6) is 0.999. The van der Waals surface area contributed by atoms with E-state index in [1.165, 1.54) is 6.42 Å². The Kier molecular flexibility index (Phi) is 1.56. The summed E-state index contributed by atoms with van der Waals surface area (Å²) in [6.07, 6.45) is 2.30. The molecule has 2 aliphatic rings. The second-order valence-corrected chi connectivity index (χ2v) is 5.95. The number of carbonyl (C=O) groups excluding carboxylic acids is 1. The molecule has 0 aromatic heterocycles. The third-order valence-electron chi connectivity index (χ3n) is 4.45. The maximum absolute atomic E-state index is 11.9. The summed E-state index contributed by atoms with van der Waals surface area (Å²) in [5, 5.41) is 0. The highest BCUT2D eigenvalue weighted by molar-refractivity contribution is 9.10. The molecule has 0 aliphatic heterocycles. The number of Topliss-reactive ketones (excluding diaryl/α,β-unsaturated/α-hetero) is 1. The lowest BCUT2D eigenvalue weighted by Gasteiger charge is -2.32. The standard InChI is InChI=1S/C10H15BrO/c1-9(2)6-4-5-10(9,3)8(12)7(6)11/h6-7H,4-5H2,1-3H3/t6-,7?,10?/m0/s1. The van der Waals surface area contributed by atoms with E-state index in [4.69, 9.17) is 0 Å². The van der Waals surface area contributed by atoms with E-state index in [1.807, 2.05) is 0 Å². The third-order valence-corrected chi connectivity index (χ3v) is 5.51. The van der Waals surface area contributed by atoms with Gasteiger partial charge in [-0.15, -0.1) is 0 Å². The van der Waals surface area contributed by atoms with Gasteiger partial charge in [-0.25, -0.2) is 0 Å². The van der Waals surface area contributed by atoms with Gasteiger partial charge in [0.1, 0.15) is 0 Å². The average Bonchev–Trinajstić information content (AvgIpc) is 2.26. The van der Waals surface area contributed by atoms with Gasteiger partial charge >= 0.3 is 0 Å². The molecule has 0 heterocycles. The van der Waals surface area contributed by atoms with Crippen molar-refractivity contribution in [3.05, 3.63) is 0 Å². The first kappa shape index (κ1) is 8.74. The zero-order chi connectivity index (χ0) is 9.15. The second kappa shape index (κ2) is 2.14. The lowest BCUT2D eigenvalue weighted by atomic mass is 9.70. The Bertz CT molecular complexity index is 246. The number of hydrogen-bond donors (Lipinski definition) is 0. The van der Waals surface area contributed by atoms with Crippen LogP contribution in [0.15, 0.2) is 0 Å². The number of fused-ring (bicyclic) bond motifs is 2. The SMILES string of the molecule is CC12CC[C@@H](C(Br)C1=O)C2(C)C. The van der Waals surface area contributed by atoms with E-state index in [0.29, 0.717) is 11.7 Å². The predicted octanol–water partition coefficient (Wildman–Crippen LogP) is 2.78. The zero-order valence-corrected chi connectivity index (χ0v) is 9.44. The second-order valence-electron chi connectivity index (χ2n) is 4.96. The van der Waals surface area contributed by atoms with Crippen molar-refractivity contribution in [3.8, 4) is 0 Å². The van der Waals surface area contributed by atoms with Crippen LogP contribution in [0.1, 0.15) is 33.6 Å². The number of halogens is 1. The smallest absolute Gasteiger partial charge is 0.153 e. The van der Waals surface area contributed by atoms with Crippen LogP contribution in [-0.2, 0) is 4.79 Å². The summed E-state index contributed by atoms with van der Waals surface area (Å²) in [7, 11) is 0. The monoisotopic (exact) mass is 230 g/mol. The lowest BCUT2D eigenvalue weighted by molar-refractivity contribution is -0.127. The Labute approximate surface area is 82.0 Å². The van der Waals surface area contributed by atoms with Gasteiger partial charge in [0, 0.05) is 5.41 Å². The van der Waals surface area contributed by atoms with E-state index in [-0.39, 0.29) is 15.7 Å². The summed E-state index contributed by atoms with van der Waals surface area (Å²) < 4.78 is 0. The fraction of sp³-hybridized carbons (Fsp3) is 0.900. The van der Waals surface area contributed by atoms with Crippen molar-refractivity contribution in [2.45, 2.75) is 38.4 Å². The molecule has 1 nitrogen and oxygen atoms in total. The van der Waals surface area contributed by atoms with Gasteiger partial charge < -0.3 is 0 Å². The van der Waals surface area contributed by atoms with E-state index in [2.05, 4.69) is 36.7 Å². The molecule has 3 atom stereocenters. The molecule has 2 heteroatoms. The van der Waals surface area contributed by atoms with Gasteiger partial charge in [0.25, 0.3) is 0 Å². The molecule has 2 unspecified atom stereocenters. The van der Waals surface area contributed by atoms with Crippen molar-refractivity contribution in [2.24, 2.45) is 16.7 Å². The minimum Gasteiger partial charge on any atom is -0.298 e. The van der Waals surface area contributed by atoms with Crippen molar-refractivity contribution >= 4 is 21.7 Å². The molecule has 0 amide bonds. The Balaban J connectivity index is 2.50. The molecule has 2 fully saturated rings. The lowest BCUT2D eigenvalue weighted by Crippen LogP contribution is -2.33. The summed E-state index contributed by atoms with van der Waals surface area (Å²) in [6, 6.07) is 0. The molecule has 0 saturated heterocycles. The maximum Gasteiger partial charge on any atom is 0.153 e. The minimum atomic E-state index is -0.0498. The van der Waals surface area contributed by atoms with Crippen molar-refractivity contribution in [2.75, 3.05) is 0 Å². The number of alkyl halides is 1. The van der Waals surface area contributed by atoms with Crippen molar-refractivity contribution < 1.29 is 4.79 Å². The summed E-state index contributed by atoms with van der Waals surface area (Å²) in [5.41, 5.74) is 0.157. The van der Waals surface area contributed by atoms with Crippen molar-refractivity contribution in [3.63, 3.8) is 0 Å². The summed E-state index contributed by atoms with van der Waals surface area (Å²) in [6.45, 7) is 6.62. The average molecular weight is 231 g/mol. The first-order valence-corrected chi connectivity index (χ1v) is 5.51. The third kappa shape index (κ3) is 0.688. The highest BCUT2D eigenvalue weighted by Crippen LogP contribution is 2.65. The summed E-state index contributed by atoms with van der Waals surface area (Å²) in [4.78, 5) is 12.0. The maximum atomic E-state index is 11.9. The van der Waals surface area contributed by atoms with Crippen LogP contribution < -0.4 is 0 Å². The van der Waals surface area contributed by atoms with E-state index >= 15 is 0 Å². The molecule has 68 valence electrons. The highest BCUT2D eigenvalue weighted by atomic mass is 79.9. The molecule has 0 radical (unpaired) electrons. The molecule has 2 bridgehead atoms. The number of ketones is 1. The van der Waals surface area contributed by atoms with Crippen LogP contribution in [0.25, 0.3) is 0 Å². The van der Waals surface area contributed by atoms with Gasteiger partial charge in [-0.1, -0.05) is 36.7 Å². The number of carbonyl (C=O) groups is 1. The van der Waals surface area contributed by atoms with Crippen LogP contribution in [0.2, 0.25) is 0 Å². The topological polar surface area (TPSA) is 17.1 Å². The zero-order valence-electron chi connectivity index (χ0n) is 7.86. The fourth-order valence-corrected chi connectivity index (χ4v) is 4.41. The summed E-state index contributed by atoms with van der Waals surface area (Å²) >= 11 is 3.52. The van der Waals surface area contributed by atoms with Crippen LogP contribution in [0, 0.1) is 16.7 Å². The van der Waals surface area contributed by atoms with E-state index < -0.39 is 0 Å². The van der Waals surface area contributed by atoms with Gasteiger partial charge in [0.05, 0.1) is 4.83 Å². The molecule has 0 aromatic carbocycles. The number of rotatable bonds is 0. The van der Waals surface area contributed by atoms with E-state index in [1.54, 1.807) is 0 Å². The normalized spacial score (nSPS) is 50.2. The van der Waals surface area contributed by atoms with Gasteiger partial charge in [-0.2, -0.15) is 0 Å². The van der Waals surface area contributed by atoms with Crippen LogP contribution in [0.5, 0.6) is 0 Å². The van der Waals surface area contributed by atoms with Crippen molar-refractivity contribution in [1.82, 2.24) is 0 Å². The van der Waals surface area contributed by atoms with Gasteiger partial charge in [0.15, 0.2) is 5.78 Å². The van der Waals surface area contributed by atoms with Gasteiger partial charge in [-0.3, -0.25) is 4.79 Å². The molecule has 0 N–H and O–H groups in total. The molecule has 0 spiro atoms. The molecular weight excluding hydrogens is 216 g/mol. The Morgan fingerprint density at radius 2 is 2.00 bits per heavy atom. The largest absolute Gasteiger partial charge is 0.298 e. The fourth-order valence-electron chi connectivity index (χ4n) is 2.98. The van der Waals surface area contributed by atoms with E-state index in [9.17, 15) is 4.79 Å². The quantitative estimate of drug-likeness (QED) is 0.586. The van der Waals surface area contributed by atoms with Crippen LogP contribution in [0.3, 0.4) is 0 Å². The van der Waals surface area contributed by atoms with E-state index in [0.717, 1.165) is 6.42 Å². The first-order valence-electron chi connectivity index (χ1n) is 4.59. The van der Waals surface area contributed by atoms with Gasteiger partial charge in [-0.05, 0) is 24.2 Å². The molecule has 2 saturated carbocycles. The van der Waals surface area contributed by atoms with Gasteiger partial charge in [0.2, 0.25) is 0 Å². The van der Waals surface area contributed by atoms with Crippen LogP contribution in [-0.4, -0.2) is 10.6 Å². The number of hydrogen-bond acceptors (Lipinski definition) is 1. The predicted molar refractivity (Wildman–Crippen MR) is 52.3 cm³/mol. The Hall–Kier alpha value is 0.150. The molecule has 0 aromatic rings. The molecule has 2 rings (SSSR count). The van der Waals surface area contributed by atoms with Crippen LogP contribution in [0.4, 0.5) is 0 Å². The van der Waals surface area contributed by atoms with Crippen LogP contribution >= 0.6 is 15.9 Å². The Morgan fingerprint density at radius 3 is 2.25 bits per heavy atom. The Morgan fingerprint density at radius 1 is 1.42 bits per heavy atom. The van der Waals surface area contributed by atoms with Crippen molar-refractivity contribution in [1.29, 1.82) is 0 Å². The minimum absolute atomic E-state index is 0.0498. The molecule has 12 heavy (non-hydrogen) atoms. The highest BCUT2D eigenvalue weighted by Gasteiger charge is 2.65. The molecule has 2 aliphatic carbocycles.